The van der Waals surface area contributed by atoms with Gasteiger partial charge in [-0.15, -0.1) is 0 Å². The van der Waals surface area contributed by atoms with Crippen molar-refractivity contribution in [2.75, 3.05) is 11.1 Å². The summed E-state index contributed by atoms with van der Waals surface area (Å²) in [4.78, 5) is 11.9. The van der Waals surface area contributed by atoms with Crippen LogP contribution in [0.5, 0.6) is 0 Å². The number of hydrogen-bond acceptors (Lipinski definition) is 2. The van der Waals surface area contributed by atoms with Crippen molar-refractivity contribution >= 4 is 28.9 Å². The van der Waals surface area contributed by atoms with Gasteiger partial charge in [0.25, 0.3) is 5.91 Å². The average molecular weight is 301 g/mol. The van der Waals surface area contributed by atoms with Crippen molar-refractivity contribution in [3.8, 4) is 0 Å². The van der Waals surface area contributed by atoms with Gasteiger partial charge in [-0.05, 0) is 18.2 Å². The van der Waals surface area contributed by atoms with Crippen LogP contribution in [0.15, 0.2) is 30.3 Å². The predicted molar refractivity (Wildman–Crippen MR) is 70.1 cm³/mol. The van der Waals surface area contributed by atoms with E-state index in [2.05, 4.69) is 5.32 Å². The summed E-state index contributed by atoms with van der Waals surface area (Å²) in [6, 6.07) is 4.95. The molecule has 20 heavy (non-hydrogen) atoms. The maximum atomic E-state index is 13.4. The second kappa shape index (κ2) is 5.42. The lowest BCUT2D eigenvalue weighted by molar-refractivity contribution is 0.102. The number of nitrogens with one attached hydrogen (secondary N) is 1. The molecule has 0 fully saturated rings. The van der Waals surface area contributed by atoms with Crippen LogP contribution in [0.2, 0.25) is 5.02 Å². The first kappa shape index (κ1) is 14.2. The number of nitrogens with two attached hydrogens (primary N) is 1. The third kappa shape index (κ3) is 3.03. The standard InChI is InChI=1S/C13H8ClF3N2O/c14-7-1-6(2-8(18)3-7)13(20)19-12-5-10(16)9(15)4-11(12)17/h1-5H,18H2,(H,19,20). The highest BCUT2D eigenvalue weighted by molar-refractivity contribution is 6.31. The van der Waals surface area contributed by atoms with E-state index in [1.165, 1.54) is 18.2 Å². The topological polar surface area (TPSA) is 55.1 Å². The summed E-state index contributed by atoms with van der Waals surface area (Å²) >= 11 is 5.73. The molecule has 0 saturated carbocycles. The lowest BCUT2D eigenvalue weighted by Gasteiger charge is -2.08. The van der Waals surface area contributed by atoms with E-state index in [0.717, 1.165) is 0 Å². The fourth-order valence-corrected chi connectivity index (χ4v) is 1.80. The Balaban J connectivity index is 2.30. The van der Waals surface area contributed by atoms with Crippen molar-refractivity contribution in [3.63, 3.8) is 0 Å². The molecular weight excluding hydrogens is 293 g/mol. The Hall–Kier alpha value is -2.21. The quantitative estimate of drug-likeness (QED) is 0.658. The number of hydrogen-bond donors (Lipinski definition) is 2. The van der Waals surface area contributed by atoms with Crippen molar-refractivity contribution in [1.29, 1.82) is 0 Å². The number of benzene rings is 2. The van der Waals surface area contributed by atoms with Gasteiger partial charge in [0.1, 0.15) is 5.82 Å². The van der Waals surface area contributed by atoms with Crippen LogP contribution in [0.1, 0.15) is 10.4 Å². The first-order chi connectivity index (χ1) is 9.36. The highest BCUT2D eigenvalue weighted by Crippen LogP contribution is 2.21. The zero-order chi connectivity index (χ0) is 14.9. The molecule has 0 spiro atoms. The van der Waals surface area contributed by atoms with E-state index in [4.69, 9.17) is 17.3 Å². The molecule has 0 aliphatic rings. The third-order valence-corrected chi connectivity index (χ3v) is 2.66. The molecule has 2 aromatic carbocycles. The molecule has 3 nitrogen and oxygen atoms in total. The smallest absolute Gasteiger partial charge is 0.255 e. The molecule has 7 heteroatoms. The van der Waals surface area contributed by atoms with Gasteiger partial charge in [0, 0.05) is 28.4 Å². The molecule has 0 unspecified atom stereocenters. The van der Waals surface area contributed by atoms with Gasteiger partial charge in [0.15, 0.2) is 11.6 Å². The number of nitrogen functional groups attached to an aromatic ring is 1. The van der Waals surface area contributed by atoms with E-state index >= 15 is 0 Å². The Bertz CT molecular complexity index is 671. The fourth-order valence-electron chi connectivity index (χ4n) is 1.56. The molecule has 0 heterocycles. The van der Waals surface area contributed by atoms with Gasteiger partial charge in [-0.3, -0.25) is 4.79 Å². The Morgan fingerprint density at radius 3 is 2.30 bits per heavy atom. The second-order valence-electron chi connectivity index (χ2n) is 3.97. The highest BCUT2D eigenvalue weighted by atomic mass is 35.5. The summed E-state index contributed by atoms with van der Waals surface area (Å²) in [5.74, 6) is -4.45. The van der Waals surface area contributed by atoms with Gasteiger partial charge in [-0.25, -0.2) is 13.2 Å². The van der Waals surface area contributed by atoms with Crippen molar-refractivity contribution < 1.29 is 18.0 Å². The zero-order valence-corrected chi connectivity index (χ0v) is 10.6. The summed E-state index contributed by atoms with van der Waals surface area (Å²) < 4.78 is 39.2. The van der Waals surface area contributed by atoms with E-state index < -0.39 is 29.0 Å². The van der Waals surface area contributed by atoms with E-state index in [1.807, 2.05) is 0 Å². The van der Waals surface area contributed by atoms with Gasteiger partial charge in [-0.2, -0.15) is 0 Å². The van der Waals surface area contributed by atoms with Crippen LogP contribution in [0.3, 0.4) is 0 Å². The van der Waals surface area contributed by atoms with Crippen LogP contribution in [0, 0.1) is 17.5 Å². The average Bonchev–Trinajstić information content (AvgIpc) is 2.34. The SMILES string of the molecule is Nc1cc(Cl)cc(C(=O)Nc2cc(F)c(F)cc2F)c1. The van der Waals surface area contributed by atoms with Gasteiger partial charge in [-0.1, -0.05) is 11.6 Å². The largest absolute Gasteiger partial charge is 0.399 e. The van der Waals surface area contributed by atoms with Crippen molar-refractivity contribution in [2.45, 2.75) is 0 Å². The number of anilines is 2. The maximum Gasteiger partial charge on any atom is 0.255 e. The molecular formula is C13H8ClF3N2O. The Labute approximate surface area is 117 Å². The van der Waals surface area contributed by atoms with Crippen molar-refractivity contribution in [2.24, 2.45) is 0 Å². The molecule has 2 aromatic rings. The van der Waals surface area contributed by atoms with Crippen LogP contribution in [0.25, 0.3) is 0 Å². The molecule has 3 N–H and O–H groups in total. The highest BCUT2D eigenvalue weighted by Gasteiger charge is 2.14. The number of amides is 1. The molecule has 0 saturated heterocycles. The fraction of sp³-hybridized carbons (Fsp3) is 0. The molecule has 1 amide bonds. The summed E-state index contributed by atoms with van der Waals surface area (Å²) in [7, 11) is 0. The monoisotopic (exact) mass is 300 g/mol. The van der Waals surface area contributed by atoms with Crippen LogP contribution in [-0.2, 0) is 0 Å². The minimum absolute atomic E-state index is 0.0686. The third-order valence-electron chi connectivity index (χ3n) is 2.44. The van der Waals surface area contributed by atoms with E-state index in [9.17, 15) is 18.0 Å². The first-order valence-corrected chi connectivity index (χ1v) is 5.76. The van der Waals surface area contributed by atoms with E-state index in [1.54, 1.807) is 0 Å². The van der Waals surface area contributed by atoms with Crippen LogP contribution in [-0.4, -0.2) is 5.91 Å². The van der Waals surface area contributed by atoms with Crippen molar-refractivity contribution in [1.82, 2.24) is 0 Å². The molecule has 2 rings (SSSR count). The zero-order valence-electron chi connectivity index (χ0n) is 9.88. The summed E-state index contributed by atoms with van der Waals surface area (Å²) in [6.45, 7) is 0. The van der Waals surface area contributed by atoms with Gasteiger partial charge >= 0.3 is 0 Å². The lowest BCUT2D eigenvalue weighted by atomic mass is 10.2. The summed E-state index contributed by atoms with van der Waals surface area (Å²) in [5, 5.41) is 2.34. The number of carbonyl (C=O) groups is 1. The molecule has 0 atom stereocenters. The van der Waals surface area contributed by atoms with E-state index in [-0.39, 0.29) is 16.3 Å². The van der Waals surface area contributed by atoms with Crippen LogP contribution >= 0.6 is 11.6 Å². The van der Waals surface area contributed by atoms with Gasteiger partial charge in [0.2, 0.25) is 0 Å². The number of halogens is 4. The summed E-state index contributed by atoms with van der Waals surface area (Å²) in [5.41, 5.74) is 5.35. The molecule has 104 valence electrons. The Morgan fingerprint density at radius 1 is 1.00 bits per heavy atom. The van der Waals surface area contributed by atoms with E-state index in [0.29, 0.717) is 12.1 Å². The molecule has 0 aromatic heterocycles. The molecule has 0 aliphatic heterocycles. The maximum absolute atomic E-state index is 13.4. The lowest BCUT2D eigenvalue weighted by Crippen LogP contribution is -2.14. The molecule has 0 aliphatic carbocycles. The first-order valence-electron chi connectivity index (χ1n) is 5.39. The molecule has 0 radical (unpaired) electrons. The van der Waals surface area contributed by atoms with Crippen LogP contribution in [0.4, 0.5) is 24.5 Å². The number of rotatable bonds is 2. The van der Waals surface area contributed by atoms with Crippen molar-refractivity contribution in [3.05, 3.63) is 58.4 Å². The van der Waals surface area contributed by atoms with Crippen LogP contribution < -0.4 is 11.1 Å². The summed E-state index contributed by atoms with van der Waals surface area (Å²) in [6.07, 6.45) is 0. The Morgan fingerprint density at radius 2 is 1.65 bits per heavy atom. The predicted octanol–water partition coefficient (Wildman–Crippen LogP) is 3.59. The number of carbonyl (C=O) groups excluding carboxylic acids is 1. The minimum atomic E-state index is -1.34. The van der Waals surface area contributed by atoms with Gasteiger partial charge < -0.3 is 11.1 Å². The minimum Gasteiger partial charge on any atom is -0.399 e. The molecule has 0 bridgehead atoms. The second-order valence-corrected chi connectivity index (χ2v) is 4.41. The normalized spacial score (nSPS) is 10.4. The Kier molecular flexibility index (Phi) is 3.85. The van der Waals surface area contributed by atoms with Gasteiger partial charge in [0.05, 0.1) is 5.69 Å².